The van der Waals surface area contributed by atoms with Crippen molar-refractivity contribution in [1.82, 2.24) is 0 Å². The number of hydrogen-bond donors (Lipinski definition) is 0. The molecule has 0 aliphatic rings. The maximum absolute atomic E-state index is 14.7. The first-order valence-corrected chi connectivity index (χ1v) is 11.0. The van der Waals surface area contributed by atoms with Crippen molar-refractivity contribution in [1.29, 1.82) is 0 Å². The van der Waals surface area contributed by atoms with Gasteiger partial charge in [0.25, 0.3) is 0 Å². The third-order valence-corrected chi connectivity index (χ3v) is 5.64. The van der Waals surface area contributed by atoms with E-state index in [1.165, 1.54) is 24.3 Å². The number of fused-ring (bicyclic) bond motifs is 1. The van der Waals surface area contributed by atoms with Gasteiger partial charge in [-0.25, -0.2) is 22.0 Å². The average molecular weight is 464 g/mol. The third kappa shape index (κ3) is 5.12. The molecule has 4 aromatic carbocycles. The molecule has 0 atom stereocenters. The normalized spacial score (nSPS) is 10.9. The summed E-state index contributed by atoms with van der Waals surface area (Å²) in [6.45, 7) is 2.03. The van der Waals surface area contributed by atoms with Crippen molar-refractivity contribution in [2.24, 2.45) is 0 Å². The predicted molar refractivity (Wildman–Crippen MR) is 125 cm³/mol. The van der Waals surface area contributed by atoms with Gasteiger partial charge < -0.3 is 0 Å². The van der Waals surface area contributed by atoms with Gasteiger partial charge in [0.05, 0.1) is 11.1 Å². The first-order valence-electron chi connectivity index (χ1n) is 11.0. The molecule has 0 radical (unpaired) electrons. The van der Waals surface area contributed by atoms with Crippen LogP contribution in [-0.2, 0) is 6.42 Å². The van der Waals surface area contributed by atoms with E-state index in [9.17, 15) is 22.0 Å². The van der Waals surface area contributed by atoms with E-state index in [0.717, 1.165) is 36.8 Å². The summed E-state index contributed by atoms with van der Waals surface area (Å²) in [5, 5.41) is 1.40. The van der Waals surface area contributed by atoms with E-state index < -0.39 is 34.4 Å². The Hall–Kier alpha value is -3.65. The molecule has 5 heteroatoms. The van der Waals surface area contributed by atoms with Gasteiger partial charge in [0.2, 0.25) is 0 Å². The summed E-state index contributed by atoms with van der Waals surface area (Å²) in [6.07, 6.45) is 3.27. The van der Waals surface area contributed by atoms with Crippen LogP contribution in [0.1, 0.15) is 42.9 Å². The lowest BCUT2D eigenvalue weighted by Crippen LogP contribution is -1.98. The average Bonchev–Trinajstić information content (AvgIpc) is 2.78. The Kier molecular flexibility index (Phi) is 6.98. The summed E-state index contributed by atoms with van der Waals surface area (Å²) in [4.78, 5) is 0. The zero-order valence-electron chi connectivity index (χ0n) is 18.5. The van der Waals surface area contributed by atoms with Gasteiger partial charge in [0.1, 0.15) is 29.1 Å². The minimum Gasteiger partial charge on any atom is -0.207 e. The monoisotopic (exact) mass is 464 g/mol. The molecule has 0 saturated heterocycles. The summed E-state index contributed by atoms with van der Waals surface area (Å²) >= 11 is 0. The predicted octanol–water partition coefficient (Wildman–Crippen LogP) is 8.33. The van der Waals surface area contributed by atoms with E-state index in [2.05, 4.69) is 11.8 Å². The molecule has 0 spiro atoms. The quantitative estimate of drug-likeness (QED) is 0.158. The Morgan fingerprint density at radius 2 is 1.29 bits per heavy atom. The SMILES string of the molecule is CCCCCc1cc(F)c(-c2cc(F)c(C#Cc3ccc4cc(F)ccc4c3)c(F)c2)c(F)c1. The van der Waals surface area contributed by atoms with Crippen LogP contribution in [0.5, 0.6) is 0 Å². The molecule has 4 aromatic rings. The van der Waals surface area contributed by atoms with Crippen molar-refractivity contribution in [3.05, 3.63) is 106 Å². The minimum atomic E-state index is -1.02. The summed E-state index contributed by atoms with van der Waals surface area (Å²) in [7, 11) is 0. The number of aryl methyl sites for hydroxylation is 1. The van der Waals surface area contributed by atoms with Crippen LogP contribution in [0.3, 0.4) is 0 Å². The summed E-state index contributed by atoms with van der Waals surface area (Å²) in [6, 6.07) is 13.4. The van der Waals surface area contributed by atoms with Crippen molar-refractivity contribution >= 4 is 10.8 Å². The van der Waals surface area contributed by atoms with Crippen LogP contribution in [0.15, 0.2) is 60.7 Å². The molecular formula is C29H21F5. The van der Waals surface area contributed by atoms with Gasteiger partial charge >= 0.3 is 0 Å². The van der Waals surface area contributed by atoms with Gasteiger partial charge in [-0.2, -0.15) is 0 Å². The standard InChI is InChI=1S/C29H21F5/c1-2-3-4-5-19-13-27(33)29(28(34)14-19)22-16-25(31)24(26(32)17-22)11-7-18-6-8-21-15-23(30)10-9-20(21)12-18/h6,8-10,12-17H,2-5H2,1H3. The molecule has 0 aliphatic carbocycles. The molecule has 0 aromatic heterocycles. The molecule has 0 amide bonds. The van der Waals surface area contributed by atoms with Crippen LogP contribution < -0.4 is 0 Å². The summed E-state index contributed by atoms with van der Waals surface area (Å²) in [5.74, 6) is 1.02. The van der Waals surface area contributed by atoms with Gasteiger partial charge in [0, 0.05) is 5.56 Å². The highest BCUT2D eigenvalue weighted by atomic mass is 19.1. The van der Waals surface area contributed by atoms with Crippen molar-refractivity contribution in [2.75, 3.05) is 0 Å². The second-order valence-electron chi connectivity index (χ2n) is 8.16. The van der Waals surface area contributed by atoms with Crippen molar-refractivity contribution < 1.29 is 22.0 Å². The van der Waals surface area contributed by atoms with E-state index in [-0.39, 0.29) is 11.4 Å². The summed E-state index contributed by atoms with van der Waals surface area (Å²) in [5.41, 5.74) is -0.215. The third-order valence-electron chi connectivity index (χ3n) is 5.64. The fourth-order valence-corrected chi connectivity index (χ4v) is 3.89. The van der Waals surface area contributed by atoms with Crippen LogP contribution in [0.25, 0.3) is 21.9 Å². The van der Waals surface area contributed by atoms with E-state index >= 15 is 0 Å². The smallest absolute Gasteiger partial charge is 0.142 e. The first kappa shape index (κ1) is 23.5. The maximum Gasteiger partial charge on any atom is 0.142 e. The van der Waals surface area contributed by atoms with Gasteiger partial charge in [-0.3, -0.25) is 0 Å². The van der Waals surface area contributed by atoms with Gasteiger partial charge in [-0.15, -0.1) is 0 Å². The van der Waals surface area contributed by atoms with Crippen LogP contribution in [0, 0.1) is 40.9 Å². The highest BCUT2D eigenvalue weighted by Crippen LogP contribution is 2.30. The summed E-state index contributed by atoms with van der Waals surface area (Å²) < 4.78 is 72.1. The molecule has 0 aliphatic heterocycles. The number of rotatable bonds is 5. The van der Waals surface area contributed by atoms with Gasteiger partial charge in [0.15, 0.2) is 0 Å². The maximum atomic E-state index is 14.7. The molecule has 172 valence electrons. The fraction of sp³-hybridized carbons (Fsp3) is 0.172. The first-order chi connectivity index (χ1) is 16.4. The van der Waals surface area contributed by atoms with Crippen LogP contribution in [0.2, 0.25) is 0 Å². The molecule has 0 unspecified atom stereocenters. The molecule has 4 rings (SSSR count). The zero-order chi connectivity index (χ0) is 24.2. The Bertz CT molecular complexity index is 1380. The van der Waals surface area contributed by atoms with Crippen LogP contribution in [0.4, 0.5) is 22.0 Å². The van der Waals surface area contributed by atoms with E-state index in [1.54, 1.807) is 24.3 Å². The van der Waals surface area contributed by atoms with Gasteiger partial charge in [-0.05, 0) is 83.3 Å². The highest BCUT2D eigenvalue weighted by Gasteiger charge is 2.17. The van der Waals surface area contributed by atoms with Crippen LogP contribution >= 0.6 is 0 Å². The second-order valence-corrected chi connectivity index (χ2v) is 8.16. The fourth-order valence-electron chi connectivity index (χ4n) is 3.89. The van der Waals surface area contributed by atoms with Crippen molar-refractivity contribution in [3.8, 4) is 23.0 Å². The van der Waals surface area contributed by atoms with Crippen molar-refractivity contribution in [3.63, 3.8) is 0 Å². The lowest BCUT2D eigenvalue weighted by Gasteiger charge is -2.10. The van der Waals surface area contributed by atoms with Crippen LogP contribution in [-0.4, -0.2) is 0 Å². The molecule has 0 heterocycles. The van der Waals surface area contributed by atoms with E-state index in [1.807, 2.05) is 6.92 Å². The lowest BCUT2D eigenvalue weighted by molar-refractivity contribution is 0.572. The molecule has 0 fully saturated rings. The molecule has 0 saturated carbocycles. The van der Waals surface area contributed by atoms with E-state index in [4.69, 9.17) is 0 Å². The Morgan fingerprint density at radius 3 is 1.97 bits per heavy atom. The van der Waals surface area contributed by atoms with Crippen molar-refractivity contribution in [2.45, 2.75) is 32.6 Å². The largest absolute Gasteiger partial charge is 0.207 e. The number of unbranched alkanes of at least 4 members (excludes halogenated alkanes) is 2. The van der Waals surface area contributed by atoms with E-state index in [0.29, 0.717) is 22.9 Å². The molecular weight excluding hydrogens is 443 g/mol. The van der Waals surface area contributed by atoms with Gasteiger partial charge in [-0.1, -0.05) is 43.7 Å². The molecule has 34 heavy (non-hydrogen) atoms. The number of hydrogen-bond acceptors (Lipinski definition) is 0. The number of benzene rings is 4. The zero-order valence-corrected chi connectivity index (χ0v) is 18.5. The molecule has 0 N–H and O–H groups in total. The Morgan fingerprint density at radius 1 is 0.647 bits per heavy atom. The molecule has 0 nitrogen and oxygen atoms in total. The second kappa shape index (κ2) is 10.1. The highest BCUT2D eigenvalue weighted by molar-refractivity contribution is 5.84. The lowest BCUT2D eigenvalue weighted by atomic mass is 9.98. The Labute approximate surface area is 195 Å². The Balaban J connectivity index is 1.64. The molecule has 0 bridgehead atoms. The minimum absolute atomic E-state index is 0.233. The number of halogens is 5. The topological polar surface area (TPSA) is 0 Å².